The Labute approximate surface area is 120 Å². The van der Waals surface area contributed by atoms with E-state index in [1.54, 1.807) is 12.4 Å². The van der Waals surface area contributed by atoms with Crippen LogP contribution in [-0.2, 0) is 11.2 Å². The Morgan fingerprint density at radius 3 is 2.84 bits per heavy atom. The number of aromatic nitrogens is 1. The van der Waals surface area contributed by atoms with E-state index in [2.05, 4.69) is 17.2 Å². The second kappa shape index (κ2) is 6.69. The number of ether oxygens (including phenoxy) is 1. The van der Waals surface area contributed by atoms with Gasteiger partial charge in [0.05, 0.1) is 10.6 Å². The summed E-state index contributed by atoms with van der Waals surface area (Å²) in [5, 5.41) is 4.38. The molecule has 1 N–H and O–H groups in total. The lowest BCUT2D eigenvalue weighted by atomic mass is 9.72. The largest absolute Gasteiger partial charge is 0.377 e. The molecule has 1 unspecified atom stereocenters. The fraction of sp³-hybridized carbons (Fsp3) is 0.667. The summed E-state index contributed by atoms with van der Waals surface area (Å²) in [6.45, 7) is 3.20. The smallest absolute Gasteiger partial charge is 0.0834 e. The van der Waals surface area contributed by atoms with Gasteiger partial charge in [0.15, 0.2) is 0 Å². The predicted molar refractivity (Wildman–Crippen MR) is 78.6 cm³/mol. The molecule has 19 heavy (non-hydrogen) atoms. The van der Waals surface area contributed by atoms with E-state index < -0.39 is 0 Å². The Morgan fingerprint density at radius 1 is 1.53 bits per heavy atom. The van der Waals surface area contributed by atoms with Gasteiger partial charge in [-0.1, -0.05) is 18.5 Å². The minimum atomic E-state index is -0.0121. The van der Waals surface area contributed by atoms with Crippen molar-refractivity contribution < 1.29 is 4.74 Å². The number of rotatable bonds is 7. The first kappa shape index (κ1) is 14.8. The first-order chi connectivity index (χ1) is 9.22. The van der Waals surface area contributed by atoms with Gasteiger partial charge in [0, 0.05) is 25.5 Å². The molecule has 0 amide bonds. The van der Waals surface area contributed by atoms with Crippen LogP contribution in [0.1, 0.15) is 38.2 Å². The van der Waals surface area contributed by atoms with Crippen molar-refractivity contribution in [3.63, 3.8) is 0 Å². The van der Waals surface area contributed by atoms with E-state index in [1.165, 1.54) is 6.42 Å². The third kappa shape index (κ3) is 3.28. The van der Waals surface area contributed by atoms with Crippen molar-refractivity contribution in [3.05, 3.63) is 29.0 Å². The van der Waals surface area contributed by atoms with Gasteiger partial charge in [-0.05, 0) is 50.3 Å². The van der Waals surface area contributed by atoms with Crippen molar-refractivity contribution >= 4 is 11.6 Å². The summed E-state index contributed by atoms with van der Waals surface area (Å²) >= 11 is 6.23. The lowest BCUT2D eigenvalue weighted by Gasteiger charge is -2.47. The van der Waals surface area contributed by atoms with Crippen LogP contribution in [0, 0.1) is 0 Å². The van der Waals surface area contributed by atoms with Crippen molar-refractivity contribution in [2.24, 2.45) is 0 Å². The highest BCUT2D eigenvalue weighted by Gasteiger charge is 2.44. The molecule has 1 saturated carbocycles. The summed E-state index contributed by atoms with van der Waals surface area (Å²) in [6, 6.07) is 2.33. The molecule has 4 heteroatoms. The van der Waals surface area contributed by atoms with Crippen LogP contribution in [0.15, 0.2) is 18.5 Å². The molecule has 0 aliphatic heterocycles. The van der Waals surface area contributed by atoms with Crippen molar-refractivity contribution in [1.29, 1.82) is 0 Å². The Bertz CT molecular complexity index is 401. The molecule has 3 nitrogen and oxygen atoms in total. The highest BCUT2D eigenvalue weighted by molar-refractivity contribution is 6.31. The molecule has 0 aromatic carbocycles. The van der Waals surface area contributed by atoms with Crippen LogP contribution in [0.25, 0.3) is 0 Å². The highest BCUT2D eigenvalue weighted by Crippen LogP contribution is 2.39. The third-order valence-electron chi connectivity index (χ3n) is 4.16. The zero-order valence-corrected chi connectivity index (χ0v) is 12.5. The second-order valence-electron chi connectivity index (χ2n) is 5.30. The van der Waals surface area contributed by atoms with Crippen LogP contribution in [0.2, 0.25) is 5.02 Å². The lowest BCUT2D eigenvalue weighted by molar-refractivity contribution is -0.0980. The van der Waals surface area contributed by atoms with Crippen LogP contribution in [0.4, 0.5) is 0 Å². The van der Waals surface area contributed by atoms with Gasteiger partial charge in [-0.25, -0.2) is 0 Å². The van der Waals surface area contributed by atoms with Crippen LogP contribution < -0.4 is 5.32 Å². The molecule has 2 rings (SSSR count). The molecule has 0 radical (unpaired) electrons. The van der Waals surface area contributed by atoms with Crippen molar-refractivity contribution in [1.82, 2.24) is 10.3 Å². The molecule has 1 aromatic heterocycles. The molecule has 1 aliphatic carbocycles. The molecular weight excluding hydrogens is 260 g/mol. The Balaban J connectivity index is 2.12. The highest BCUT2D eigenvalue weighted by atomic mass is 35.5. The van der Waals surface area contributed by atoms with Gasteiger partial charge < -0.3 is 10.1 Å². The van der Waals surface area contributed by atoms with E-state index in [9.17, 15) is 0 Å². The fourth-order valence-electron chi connectivity index (χ4n) is 2.77. The Morgan fingerprint density at radius 2 is 2.32 bits per heavy atom. The monoisotopic (exact) mass is 282 g/mol. The number of hydrogen-bond acceptors (Lipinski definition) is 3. The SMILES string of the molecule is CCCNC(Cc1ccncc1Cl)C1(OC)CCC1. The molecule has 1 aliphatic rings. The van der Waals surface area contributed by atoms with Gasteiger partial charge in [-0.2, -0.15) is 0 Å². The van der Waals surface area contributed by atoms with E-state index in [4.69, 9.17) is 16.3 Å². The molecule has 1 heterocycles. The third-order valence-corrected chi connectivity index (χ3v) is 4.50. The standard InChI is InChI=1S/C15H23ClN2O/c1-3-8-18-14(15(19-2)6-4-7-15)10-12-5-9-17-11-13(12)16/h5,9,11,14,18H,3-4,6-8,10H2,1-2H3. The molecule has 1 atom stereocenters. The normalized spacial score (nSPS) is 18.9. The number of pyridine rings is 1. The average molecular weight is 283 g/mol. The van der Waals surface area contributed by atoms with Crippen LogP contribution in [0.5, 0.6) is 0 Å². The van der Waals surface area contributed by atoms with Gasteiger partial charge in [-0.15, -0.1) is 0 Å². The van der Waals surface area contributed by atoms with Crippen LogP contribution in [0.3, 0.4) is 0 Å². The number of nitrogens with zero attached hydrogens (tertiary/aromatic N) is 1. The number of halogens is 1. The van der Waals surface area contributed by atoms with Gasteiger partial charge in [0.25, 0.3) is 0 Å². The maximum atomic E-state index is 6.23. The molecule has 0 spiro atoms. The van der Waals surface area contributed by atoms with Crippen LogP contribution >= 0.6 is 11.6 Å². The topological polar surface area (TPSA) is 34.2 Å². The molecular formula is C15H23ClN2O. The first-order valence-electron chi connectivity index (χ1n) is 7.09. The lowest BCUT2D eigenvalue weighted by Crippen LogP contribution is -2.57. The van der Waals surface area contributed by atoms with E-state index in [0.717, 1.165) is 42.8 Å². The summed E-state index contributed by atoms with van der Waals surface area (Å²) in [4.78, 5) is 4.05. The molecule has 1 fully saturated rings. The van der Waals surface area contributed by atoms with Gasteiger partial charge >= 0.3 is 0 Å². The van der Waals surface area contributed by atoms with E-state index in [1.807, 2.05) is 13.2 Å². The number of nitrogens with one attached hydrogen (secondary N) is 1. The Kier molecular flexibility index (Phi) is 5.20. The van der Waals surface area contributed by atoms with E-state index in [0.29, 0.717) is 6.04 Å². The summed E-state index contributed by atoms with van der Waals surface area (Å²) in [7, 11) is 1.83. The quantitative estimate of drug-likeness (QED) is 0.834. The van der Waals surface area contributed by atoms with Gasteiger partial charge in [0.2, 0.25) is 0 Å². The van der Waals surface area contributed by atoms with Crippen LogP contribution in [-0.4, -0.2) is 30.3 Å². The predicted octanol–water partition coefficient (Wildman–Crippen LogP) is 3.21. The maximum Gasteiger partial charge on any atom is 0.0834 e. The summed E-state index contributed by atoms with van der Waals surface area (Å²) in [6.07, 6.45) is 9.06. The van der Waals surface area contributed by atoms with Gasteiger partial charge in [-0.3, -0.25) is 4.98 Å². The van der Waals surface area contributed by atoms with E-state index in [-0.39, 0.29) is 5.60 Å². The number of hydrogen-bond donors (Lipinski definition) is 1. The summed E-state index contributed by atoms with van der Waals surface area (Å²) in [5.41, 5.74) is 1.13. The first-order valence-corrected chi connectivity index (χ1v) is 7.46. The van der Waals surface area contributed by atoms with Crippen molar-refractivity contribution in [3.8, 4) is 0 Å². The fourth-order valence-corrected chi connectivity index (χ4v) is 2.97. The number of methoxy groups -OCH3 is 1. The average Bonchev–Trinajstić information content (AvgIpc) is 2.37. The molecule has 106 valence electrons. The zero-order valence-electron chi connectivity index (χ0n) is 11.8. The minimum absolute atomic E-state index is 0.0121. The molecule has 0 bridgehead atoms. The zero-order chi connectivity index (χ0) is 13.7. The summed E-state index contributed by atoms with van der Waals surface area (Å²) in [5.74, 6) is 0. The van der Waals surface area contributed by atoms with Crippen molar-refractivity contribution in [2.75, 3.05) is 13.7 Å². The summed E-state index contributed by atoms with van der Waals surface area (Å²) < 4.78 is 5.82. The second-order valence-corrected chi connectivity index (χ2v) is 5.71. The molecule has 0 saturated heterocycles. The maximum absolute atomic E-state index is 6.23. The minimum Gasteiger partial charge on any atom is -0.377 e. The Hall–Kier alpha value is -0.640. The van der Waals surface area contributed by atoms with Crippen molar-refractivity contribution in [2.45, 2.75) is 50.7 Å². The molecule has 1 aromatic rings. The van der Waals surface area contributed by atoms with Gasteiger partial charge in [0.1, 0.15) is 0 Å². The van der Waals surface area contributed by atoms with E-state index >= 15 is 0 Å².